The summed E-state index contributed by atoms with van der Waals surface area (Å²) in [6.07, 6.45) is 18.9. The molecule has 17 nitrogen and oxygen atoms in total. The molecule has 110 heavy (non-hydrogen) atoms. The minimum Gasteiger partial charge on any atom is -0.481 e. The molecular formula is C91H142BrIN6O11. The molecule has 4 aromatic rings. The molecule has 4 aromatic carbocycles. The first-order chi connectivity index (χ1) is 52.6. The minimum absolute atomic E-state index is 0.0966. The Morgan fingerprint density at radius 1 is 0.500 bits per heavy atom. The highest BCUT2D eigenvalue weighted by molar-refractivity contribution is 14.1. The lowest BCUT2D eigenvalue weighted by Gasteiger charge is -2.25. The predicted octanol–water partition coefficient (Wildman–Crippen LogP) is 18.5. The minimum atomic E-state index is -0.764. The molecule has 0 aliphatic carbocycles. The molecule has 6 unspecified atom stereocenters. The van der Waals surface area contributed by atoms with Gasteiger partial charge >= 0.3 is 5.97 Å². The number of aliphatic hydroxyl groups excluding tert-OH is 1. The Bertz CT molecular complexity index is 3180. The molecule has 0 radical (unpaired) electrons. The number of hydrogen-bond acceptors (Lipinski definition) is 11. The summed E-state index contributed by atoms with van der Waals surface area (Å²) in [5.41, 5.74) is 10.4. The number of methoxy groups -OCH3 is 3. The highest BCUT2D eigenvalue weighted by atomic mass is 127. The molecular weight excluding hydrogens is 1560 g/mol. The van der Waals surface area contributed by atoms with Gasteiger partial charge in [0.25, 0.3) is 0 Å². The zero-order valence-corrected chi connectivity index (χ0v) is 73.1. The zero-order valence-electron chi connectivity index (χ0n) is 69.3. The number of carboxylic acids is 1. The molecule has 616 valence electrons. The van der Waals surface area contributed by atoms with Crippen LogP contribution in [0.3, 0.4) is 0 Å². The number of carboxylic acid groups (broad SMARTS) is 1. The number of aliphatic hydroxyl groups is 1. The molecule has 5 aliphatic heterocycles. The van der Waals surface area contributed by atoms with Gasteiger partial charge in [0.1, 0.15) is 0 Å². The number of benzene rings is 4. The number of carbonyl (C=O) groups excluding carboxylic acids is 5. The summed E-state index contributed by atoms with van der Waals surface area (Å²) in [6, 6.07) is 41.8. The van der Waals surface area contributed by atoms with E-state index >= 15 is 0 Å². The Balaban J connectivity index is 0.000000339. The SMILES string of the molecule is C=CCC(C)Br.C=CCC(C)C[C@H]1CC(=O)N([C@H](C)c2ccccc2)C1.CC(CCO)C[C@H]1CC(=O)N([C@@H](C)c2ccccc2)C1.COCCC(C)C[C@@H]1CNC(=O)C1.COCCC(C)C[C@H](CN)CC(=O)O.COCCC(C)C[C@H]1CC(=O)N([C@@H](C)c2ccccc2)C1.C[C@@H](c1ccccc1)N1C[C@@H](CI)CC1=O. The molecule has 19 heteroatoms. The van der Waals surface area contributed by atoms with E-state index in [0.717, 1.165) is 140 Å². The van der Waals surface area contributed by atoms with Crippen LogP contribution in [0.5, 0.6) is 0 Å². The third-order valence-electron chi connectivity index (χ3n) is 21.8. The lowest BCUT2D eigenvalue weighted by atomic mass is 9.91. The highest BCUT2D eigenvalue weighted by Gasteiger charge is 2.37. The van der Waals surface area contributed by atoms with Crippen LogP contribution in [-0.2, 0) is 43.0 Å². The van der Waals surface area contributed by atoms with Crippen molar-refractivity contribution in [2.45, 2.75) is 207 Å². The molecule has 0 saturated carbocycles. The van der Waals surface area contributed by atoms with Crippen molar-refractivity contribution in [3.05, 3.63) is 169 Å². The first kappa shape index (κ1) is 98.4. The lowest BCUT2D eigenvalue weighted by molar-refractivity contribution is -0.138. The van der Waals surface area contributed by atoms with Gasteiger partial charge in [-0.1, -0.05) is 214 Å². The van der Waals surface area contributed by atoms with E-state index in [0.29, 0.717) is 108 Å². The molecule has 0 spiro atoms. The number of nitrogens with two attached hydrogens (primary N) is 1. The summed E-state index contributed by atoms with van der Waals surface area (Å²) < 4.78 is 16.2. The van der Waals surface area contributed by atoms with Crippen LogP contribution in [0.25, 0.3) is 0 Å². The van der Waals surface area contributed by atoms with Gasteiger partial charge in [-0.15, -0.1) is 13.2 Å². The fourth-order valence-corrected chi connectivity index (χ4v) is 16.3. The number of carbonyl (C=O) groups is 6. The van der Waals surface area contributed by atoms with Crippen molar-refractivity contribution < 1.29 is 53.2 Å². The molecule has 0 aromatic heterocycles. The van der Waals surface area contributed by atoms with E-state index in [9.17, 15) is 28.8 Å². The van der Waals surface area contributed by atoms with E-state index in [2.05, 4.69) is 175 Å². The van der Waals surface area contributed by atoms with Crippen LogP contribution in [0.15, 0.2) is 147 Å². The van der Waals surface area contributed by atoms with Crippen molar-refractivity contribution in [1.82, 2.24) is 24.9 Å². The van der Waals surface area contributed by atoms with E-state index in [1.165, 1.54) is 22.3 Å². The van der Waals surface area contributed by atoms with Crippen LogP contribution in [0.1, 0.15) is 225 Å². The molecule has 5 amide bonds. The lowest BCUT2D eigenvalue weighted by Crippen LogP contribution is -2.28. The van der Waals surface area contributed by atoms with Gasteiger partial charge in [-0.2, -0.15) is 0 Å². The van der Waals surface area contributed by atoms with Crippen molar-refractivity contribution in [2.75, 3.05) is 91.5 Å². The molecule has 5 heterocycles. The molecule has 5 aliphatic rings. The van der Waals surface area contributed by atoms with Crippen LogP contribution in [0, 0.1) is 65.1 Å². The number of aliphatic carboxylic acids is 1. The van der Waals surface area contributed by atoms with Gasteiger partial charge in [-0.05, 0) is 192 Å². The van der Waals surface area contributed by atoms with Crippen molar-refractivity contribution in [3.8, 4) is 0 Å². The summed E-state index contributed by atoms with van der Waals surface area (Å²) in [5.74, 6) is 6.13. The van der Waals surface area contributed by atoms with Crippen molar-refractivity contribution >= 4 is 74.0 Å². The Kier molecular flexibility index (Phi) is 50.5. The van der Waals surface area contributed by atoms with Gasteiger partial charge < -0.3 is 55.1 Å². The number of likely N-dealkylation sites (tertiary alicyclic amines) is 4. The third-order valence-corrected chi connectivity index (χ3v) is 23.5. The number of alkyl halides is 2. The maximum Gasteiger partial charge on any atom is 0.303 e. The fraction of sp³-hybridized carbons (Fsp3) is 0.626. The smallest absolute Gasteiger partial charge is 0.303 e. The van der Waals surface area contributed by atoms with Gasteiger partial charge in [0, 0.05) is 128 Å². The summed E-state index contributed by atoms with van der Waals surface area (Å²) in [7, 11) is 5.15. The molecule has 5 saturated heterocycles. The molecule has 9 rings (SSSR count). The van der Waals surface area contributed by atoms with Crippen LogP contribution in [0.4, 0.5) is 0 Å². The van der Waals surface area contributed by atoms with Crippen molar-refractivity contribution in [2.24, 2.45) is 70.8 Å². The van der Waals surface area contributed by atoms with Gasteiger partial charge in [-0.25, -0.2) is 0 Å². The van der Waals surface area contributed by atoms with Crippen LogP contribution < -0.4 is 11.1 Å². The topological polar surface area (TPSA) is 222 Å². The highest BCUT2D eigenvalue weighted by Crippen LogP contribution is 2.36. The second-order valence-electron chi connectivity index (χ2n) is 31.9. The second-order valence-corrected chi connectivity index (χ2v) is 34.4. The van der Waals surface area contributed by atoms with E-state index in [-0.39, 0.29) is 54.9 Å². The normalized spacial score (nSPS) is 20.9. The van der Waals surface area contributed by atoms with Gasteiger partial charge in [0.15, 0.2) is 0 Å². The maximum atomic E-state index is 12.3. The number of ether oxygens (including phenoxy) is 3. The Labute approximate surface area is 686 Å². The van der Waals surface area contributed by atoms with Crippen molar-refractivity contribution in [3.63, 3.8) is 0 Å². The van der Waals surface area contributed by atoms with Gasteiger partial charge in [0.2, 0.25) is 29.5 Å². The number of allylic oxidation sites excluding steroid dienone is 2. The van der Waals surface area contributed by atoms with Crippen LogP contribution >= 0.6 is 38.5 Å². The quantitative estimate of drug-likeness (QED) is 0.0188. The summed E-state index contributed by atoms with van der Waals surface area (Å²) in [5, 5.41) is 20.5. The first-order valence-electron chi connectivity index (χ1n) is 40.7. The number of rotatable bonds is 37. The molecule has 5 fully saturated rings. The number of hydrogen-bond donors (Lipinski definition) is 4. The van der Waals surface area contributed by atoms with Crippen molar-refractivity contribution in [1.29, 1.82) is 0 Å². The average molecular weight is 1700 g/mol. The predicted molar refractivity (Wildman–Crippen MR) is 462 cm³/mol. The van der Waals surface area contributed by atoms with E-state index < -0.39 is 5.97 Å². The van der Waals surface area contributed by atoms with E-state index in [1.54, 1.807) is 21.3 Å². The van der Waals surface area contributed by atoms with Gasteiger partial charge in [0.05, 0.1) is 24.2 Å². The molecule has 16 atom stereocenters. The Hall–Kier alpha value is -5.81. The molecule has 5 N–H and O–H groups in total. The average Bonchev–Trinajstić information content (AvgIpc) is 1.70. The Morgan fingerprint density at radius 3 is 1.09 bits per heavy atom. The molecule has 0 bridgehead atoms. The summed E-state index contributed by atoms with van der Waals surface area (Å²) >= 11 is 5.73. The van der Waals surface area contributed by atoms with Crippen LogP contribution in [-0.4, -0.2) is 162 Å². The first-order valence-corrected chi connectivity index (χ1v) is 43.2. The monoisotopic (exact) mass is 1700 g/mol. The number of halogens is 2. The number of amides is 5. The second kappa shape index (κ2) is 56.4. The fourth-order valence-electron chi connectivity index (χ4n) is 15.4. The largest absolute Gasteiger partial charge is 0.481 e. The van der Waals surface area contributed by atoms with Crippen LogP contribution in [0.2, 0.25) is 0 Å². The third kappa shape index (κ3) is 38.8. The van der Waals surface area contributed by atoms with Gasteiger partial charge in [-0.3, -0.25) is 28.8 Å². The maximum absolute atomic E-state index is 12.3. The summed E-state index contributed by atoms with van der Waals surface area (Å²) in [6.45, 7) is 36.4. The summed E-state index contributed by atoms with van der Waals surface area (Å²) in [4.78, 5) is 78.7. The number of nitrogens with zero attached hydrogens (tertiary/aromatic N) is 4. The van der Waals surface area contributed by atoms with E-state index in [1.807, 2.05) is 105 Å². The standard InChI is InChI=1S/C18H27NO2.C18H25NO.C17H25NO2.C13H16INO.C10H21NO3.C10H19NO2.C5H9Br/c1-14(9-10-21-3)11-16-12-18(20)19(13-16)15(2)17-7-5-4-6-8-17;1-4-8-14(2)11-16-12-18(20)19(13-16)15(3)17-9-6-5-7-10-17;1-13(8-9-19)10-15-11-17(20)18(12-15)14(2)16-6-4-3-5-7-16;1-10(12-5-3-2-4-6-12)15-9-11(8-14)7-13(15)16;1-8(3-4-14-2)5-9(7-11)6-10(12)13;1-8(3-4-13-2)5-9-6-10(12)11-7-9;1-3-4-5(2)6/h4-8,14-16H,9-13H2,1-3H3;4-7,9-10,14-16H,1,8,11-13H2,2-3H3;3-7,13-15,19H,8-12H2,1-2H3;2-6,10-11H,7-9H2,1H3;8-9H,3-7,11H2,1-2H3,(H,12,13);8-9H,3-7H2,1-2H3,(H,11,12);3,5H,1,4H2,2H3/t14?,15-,16-;14?,15-,16+;13?,14-,15-;10-,11+;2*8?,9-;/m010000./s1. The number of nitrogens with one attached hydrogen (secondary N) is 1. The Morgan fingerprint density at radius 2 is 0.818 bits per heavy atom. The zero-order chi connectivity index (χ0) is 81.5. The van der Waals surface area contributed by atoms with E-state index in [4.69, 9.17) is 30.2 Å².